The number of hydrogen-bond donors (Lipinski definition) is 2. The number of Topliss-reactive ketones (excluding diaryl/α,β-unsaturated/α-hetero) is 1. The lowest BCUT2D eigenvalue weighted by Crippen LogP contribution is -2.65. The van der Waals surface area contributed by atoms with Crippen molar-refractivity contribution < 1.29 is 47.2 Å². The summed E-state index contributed by atoms with van der Waals surface area (Å²) in [5, 5.41) is 21.8. The van der Waals surface area contributed by atoms with Crippen molar-refractivity contribution in [1.82, 2.24) is 9.80 Å². The van der Waals surface area contributed by atoms with Crippen LogP contribution in [0.25, 0.3) is 0 Å². The highest BCUT2D eigenvalue weighted by molar-refractivity contribution is 6.02. The number of likely N-dealkylation sites (N-methyl/N-ethyl adjacent to an activating group) is 1. The smallest absolute Gasteiger partial charge is 0.481 e. The van der Waals surface area contributed by atoms with Crippen LogP contribution in [0.3, 0.4) is 0 Å². The molecule has 1 aromatic carbocycles. The molecule has 9 nitrogen and oxygen atoms in total. The second-order valence-electron chi connectivity index (χ2n) is 22.2. The zero-order valence-corrected chi connectivity index (χ0v) is 38.6. The van der Waals surface area contributed by atoms with Gasteiger partial charge in [0.2, 0.25) is 0 Å². The van der Waals surface area contributed by atoms with Crippen LogP contribution in [0.1, 0.15) is 126 Å². The van der Waals surface area contributed by atoms with E-state index >= 15 is 0 Å². The lowest BCUT2D eigenvalue weighted by atomic mass is 9.33. The quantitative estimate of drug-likeness (QED) is 0.177. The summed E-state index contributed by atoms with van der Waals surface area (Å²) in [5.74, 6) is -1.21. The lowest BCUT2D eigenvalue weighted by Gasteiger charge is -2.71. The Morgan fingerprint density at radius 2 is 1.52 bits per heavy atom. The Morgan fingerprint density at radius 1 is 0.885 bits per heavy atom. The summed E-state index contributed by atoms with van der Waals surface area (Å²) >= 11 is 0. The minimum absolute atomic E-state index is 0.00967. The zero-order valence-electron chi connectivity index (χ0n) is 38.6. The summed E-state index contributed by atoms with van der Waals surface area (Å²) in [6.07, 6.45) is 1.45. The van der Waals surface area contributed by atoms with E-state index in [1.165, 1.54) is 17.7 Å². The molecule has 2 N–H and O–H groups in total. The highest BCUT2D eigenvalue weighted by Crippen LogP contribution is 2.76. The second kappa shape index (κ2) is 16.9. The fourth-order valence-electron chi connectivity index (χ4n) is 13.9. The van der Waals surface area contributed by atoms with E-state index in [-0.39, 0.29) is 70.0 Å². The highest BCUT2D eigenvalue weighted by atomic mass is 19.4. The van der Waals surface area contributed by atoms with Gasteiger partial charge < -0.3 is 24.6 Å². The first-order valence-electron chi connectivity index (χ1n) is 22.8. The summed E-state index contributed by atoms with van der Waals surface area (Å²) in [4.78, 5) is 43.9. The Bertz CT molecular complexity index is 1840. The Labute approximate surface area is 362 Å². The standard InChI is InChI=1S/C49H73F3N2O7/c1-29(2)39-40-32(41(42(39)57)34(55)28-54(25-24-53(10)11)27-30-12-14-31(15-13-30)61-49(50,51)52)18-22-47(8)33(40)16-17-36-46(7)21-20-37(60-38(56)26-44(3,4)43(58)59)45(5,6)35(46)19-23-48(36,47)9/h12-15,29,32-37,41,55H,16-28H2,1-11H3,(H,58,59)/t32?,33-,34+,35+,36-,37+,41?,46+,47-,48-/m1/s1. The summed E-state index contributed by atoms with van der Waals surface area (Å²) in [6.45, 7) is 21.4. The molecule has 342 valence electrons. The zero-order chi connectivity index (χ0) is 45.2. The highest BCUT2D eigenvalue weighted by Gasteiger charge is 2.69. The topological polar surface area (TPSA) is 117 Å². The van der Waals surface area contributed by atoms with Gasteiger partial charge in [0.15, 0.2) is 5.78 Å². The summed E-state index contributed by atoms with van der Waals surface area (Å²) in [5.41, 5.74) is 1.51. The molecular weight excluding hydrogens is 786 g/mol. The van der Waals surface area contributed by atoms with Gasteiger partial charge in [-0.1, -0.05) is 66.2 Å². The number of aliphatic hydroxyl groups excluding tert-OH is 1. The molecule has 0 radical (unpaired) electrons. The fourth-order valence-corrected chi connectivity index (χ4v) is 13.9. The third kappa shape index (κ3) is 8.81. The fraction of sp³-hybridized carbons (Fsp3) is 0.776. The number of carbonyl (C=O) groups is 3. The number of esters is 1. The molecule has 0 aliphatic heterocycles. The predicted molar refractivity (Wildman–Crippen MR) is 228 cm³/mol. The number of rotatable bonds is 14. The largest absolute Gasteiger partial charge is 0.573 e. The molecule has 61 heavy (non-hydrogen) atoms. The number of aliphatic hydroxyl groups is 1. The normalized spacial score (nSPS) is 34.2. The van der Waals surface area contributed by atoms with Crippen LogP contribution >= 0.6 is 0 Å². The Balaban J connectivity index is 1.22. The van der Waals surface area contributed by atoms with Crippen LogP contribution < -0.4 is 4.74 Å². The molecule has 5 aliphatic carbocycles. The molecule has 12 heteroatoms. The third-order valence-corrected chi connectivity index (χ3v) is 17.2. The average molecular weight is 859 g/mol. The first-order chi connectivity index (χ1) is 28.2. The molecule has 4 saturated carbocycles. The van der Waals surface area contributed by atoms with E-state index in [0.717, 1.165) is 62.5 Å². The number of ketones is 1. The number of allylic oxidation sites excluding steroid dienone is 2. The van der Waals surface area contributed by atoms with Crippen LogP contribution in [0.4, 0.5) is 13.2 Å². The van der Waals surface area contributed by atoms with Gasteiger partial charge in [0.25, 0.3) is 0 Å². The van der Waals surface area contributed by atoms with Gasteiger partial charge >= 0.3 is 18.3 Å². The number of aliphatic carboxylic acids is 1. The molecule has 6 rings (SSSR count). The maximum Gasteiger partial charge on any atom is 0.573 e. The van der Waals surface area contributed by atoms with Crippen molar-refractivity contribution in [2.45, 2.75) is 145 Å². The number of halogens is 3. The minimum atomic E-state index is -4.77. The van der Waals surface area contributed by atoms with E-state index in [4.69, 9.17) is 4.74 Å². The van der Waals surface area contributed by atoms with Crippen LogP contribution in [-0.2, 0) is 25.7 Å². The maximum atomic E-state index is 14.8. The Hall–Kier alpha value is -2.96. The predicted octanol–water partition coefficient (Wildman–Crippen LogP) is 9.56. The van der Waals surface area contributed by atoms with Crippen molar-refractivity contribution in [2.24, 2.45) is 62.6 Å². The van der Waals surface area contributed by atoms with E-state index in [2.05, 4.69) is 63.0 Å². The van der Waals surface area contributed by atoms with Crippen LogP contribution in [-0.4, -0.2) is 90.0 Å². The molecule has 1 aromatic rings. The molecule has 0 amide bonds. The van der Waals surface area contributed by atoms with Gasteiger partial charge in [0.1, 0.15) is 11.9 Å². The van der Waals surface area contributed by atoms with Gasteiger partial charge in [-0.2, -0.15) is 0 Å². The molecule has 2 unspecified atom stereocenters. The number of benzene rings is 1. The van der Waals surface area contributed by atoms with Gasteiger partial charge in [-0.05, 0) is 148 Å². The lowest BCUT2D eigenvalue weighted by molar-refractivity contribution is -0.274. The first kappa shape index (κ1) is 47.5. The van der Waals surface area contributed by atoms with E-state index in [1.807, 2.05) is 14.1 Å². The molecule has 5 aliphatic rings. The number of carboxylic acid groups (broad SMARTS) is 1. The molecule has 0 spiro atoms. The van der Waals surface area contributed by atoms with Crippen LogP contribution in [0.5, 0.6) is 5.75 Å². The van der Waals surface area contributed by atoms with E-state index in [0.29, 0.717) is 31.5 Å². The van der Waals surface area contributed by atoms with Crippen molar-refractivity contribution in [1.29, 1.82) is 0 Å². The van der Waals surface area contributed by atoms with Crippen molar-refractivity contribution >= 4 is 17.7 Å². The summed E-state index contributed by atoms with van der Waals surface area (Å²) in [6, 6.07) is 5.86. The SMILES string of the molecule is CC(C)C1=C2C(CC[C@]3(C)[C@@H]2CC[C@@H]2[C@@]4(C)CC[C@H](OC(=O)CC(C)(C)C(=O)O)C(C)(C)[C@@H]4CC[C@]23C)C([C@@H](O)CN(CCN(C)C)Cc2ccc(OC(F)(F)F)cc2)C1=O. The number of carbonyl (C=O) groups excluding carboxylic acids is 2. The molecular formula is C49H73F3N2O7. The summed E-state index contributed by atoms with van der Waals surface area (Å²) in [7, 11) is 3.95. The van der Waals surface area contributed by atoms with Crippen molar-refractivity contribution in [3.8, 4) is 5.75 Å². The van der Waals surface area contributed by atoms with Crippen LogP contribution in [0.2, 0.25) is 0 Å². The van der Waals surface area contributed by atoms with Gasteiger partial charge in [-0.25, -0.2) is 0 Å². The molecule has 0 heterocycles. The van der Waals surface area contributed by atoms with Gasteiger partial charge in [0, 0.05) is 31.6 Å². The number of fused-ring (bicyclic) bond motifs is 7. The number of alkyl halides is 3. The molecule has 0 saturated heterocycles. The molecule has 10 atom stereocenters. The Morgan fingerprint density at radius 3 is 2.11 bits per heavy atom. The average Bonchev–Trinajstić information content (AvgIpc) is 3.44. The van der Waals surface area contributed by atoms with Crippen molar-refractivity contribution in [2.75, 3.05) is 33.7 Å². The van der Waals surface area contributed by atoms with Crippen LogP contribution in [0.15, 0.2) is 35.4 Å². The maximum absolute atomic E-state index is 14.8. The molecule has 4 fully saturated rings. The van der Waals surface area contributed by atoms with Gasteiger partial charge in [-0.3, -0.25) is 19.3 Å². The summed E-state index contributed by atoms with van der Waals surface area (Å²) < 4.78 is 48.7. The monoisotopic (exact) mass is 859 g/mol. The molecule has 0 aromatic heterocycles. The van der Waals surface area contributed by atoms with Crippen molar-refractivity contribution in [3.05, 3.63) is 41.0 Å². The van der Waals surface area contributed by atoms with Crippen LogP contribution in [0, 0.1) is 62.6 Å². The number of nitrogens with zero attached hydrogens (tertiary/aromatic N) is 2. The van der Waals surface area contributed by atoms with E-state index in [1.54, 1.807) is 26.0 Å². The second-order valence-corrected chi connectivity index (χ2v) is 22.2. The van der Waals surface area contributed by atoms with Gasteiger partial charge in [-0.15, -0.1) is 13.2 Å². The minimum Gasteiger partial charge on any atom is -0.481 e. The van der Waals surface area contributed by atoms with Crippen molar-refractivity contribution in [3.63, 3.8) is 0 Å². The first-order valence-corrected chi connectivity index (χ1v) is 22.8. The van der Waals surface area contributed by atoms with E-state index in [9.17, 15) is 37.8 Å². The Kier molecular flexibility index (Phi) is 13.1. The number of ether oxygens (including phenoxy) is 2. The number of hydrogen-bond acceptors (Lipinski definition) is 8. The number of carboxylic acids is 1. The van der Waals surface area contributed by atoms with Gasteiger partial charge in [0.05, 0.1) is 23.9 Å². The molecule has 0 bridgehead atoms. The van der Waals surface area contributed by atoms with E-state index < -0.39 is 35.7 Å². The third-order valence-electron chi connectivity index (χ3n) is 17.2.